The quantitative estimate of drug-likeness (QED) is 0.907. The van der Waals surface area contributed by atoms with E-state index in [-0.39, 0.29) is 12.1 Å². The lowest BCUT2D eigenvalue weighted by Gasteiger charge is -2.29. The van der Waals surface area contributed by atoms with E-state index in [1.807, 2.05) is 4.90 Å². The van der Waals surface area contributed by atoms with Crippen LogP contribution in [0.5, 0.6) is 0 Å². The molecule has 5 heteroatoms. The van der Waals surface area contributed by atoms with Crippen LogP contribution in [0.2, 0.25) is 0 Å². The van der Waals surface area contributed by atoms with E-state index in [1.165, 1.54) is 35.4 Å². The monoisotopic (exact) mass is 307 g/mol. The second-order valence-corrected chi connectivity index (χ2v) is 7.56. The predicted molar refractivity (Wildman–Crippen MR) is 86.4 cm³/mol. The summed E-state index contributed by atoms with van der Waals surface area (Å²) in [6.07, 6.45) is 5.42. The molecule has 0 aromatic carbocycles. The summed E-state index contributed by atoms with van der Waals surface area (Å²) < 4.78 is 0. The van der Waals surface area contributed by atoms with Gasteiger partial charge in [-0.05, 0) is 38.9 Å². The van der Waals surface area contributed by atoms with Crippen LogP contribution >= 0.6 is 11.3 Å². The molecular weight excluding hydrogens is 282 g/mol. The van der Waals surface area contributed by atoms with Crippen molar-refractivity contribution in [2.75, 3.05) is 26.7 Å². The number of nitrogens with one attached hydrogen (secondary N) is 1. The number of carbonyl (C=O) groups excluding carboxylic acids is 1. The van der Waals surface area contributed by atoms with E-state index in [2.05, 4.69) is 36.3 Å². The number of hydrogen-bond donors (Lipinski definition) is 1. The van der Waals surface area contributed by atoms with Crippen LogP contribution in [-0.4, -0.2) is 48.4 Å². The van der Waals surface area contributed by atoms with Gasteiger partial charge in [0.1, 0.15) is 6.17 Å². The largest absolute Gasteiger partial charge is 0.320 e. The Morgan fingerprint density at radius 3 is 2.81 bits per heavy atom. The lowest BCUT2D eigenvalue weighted by atomic mass is 10.2. The highest BCUT2D eigenvalue weighted by Gasteiger charge is 2.32. The molecule has 1 N–H and O–H groups in total. The van der Waals surface area contributed by atoms with Crippen molar-refractivity contribution in [2.45, 2.75) is 44.8 Å². The zero-order valence-electron chi connectivity index (χ0n) is 13.0. The molecule has 1 aromatic rings. The molecule has 2 aliphatic rings. The van der Waals surface area contributed by atoms with E-state index < -0.39 is 0 Å². The standard InChI is InChI=1S/C16H25N3OS/c1-12-7-8-14(21-12)16-17-11-15(20)19(16)10-9-18(2)13-5-3-4-6-13/h7-8,13,16-17H,3-6,9-11H2,1-2H3. The van der Waals surface area contributed by atoms with Gasteiger partial charge in [-0.2, -0.15) is 0 Å². The molecule has 1 aliphatic carbocycles. The van der Waals surface area contributed by atoms with Crippen molar-refractivity contribution in [1.82, 2.24) is 15.1 Å². The Morgan fingerprint density at radius 2 is 2.14 bits per heavy atom. The molecule has 2 heterocycles. The molecule has 2 fully saturated rings. The van der Waals surface area contributed by atoms with Gasteiger partial charge in [-0.25, -0.2) is 0 Å². The average molecular weight is 307 g/mol. The van der Waals surface area contributed by atoms with Gasteiger partial charge in [-0.15, -0.1) is 11.3 Å². The van der Waals surface area contributed by atoms with Crippen molar-refractivity contribution >= 4 is 17.2 Å². The van der Waals surface area contributed by atoms with Crippen molar-refractivity contribution in [2.24, 2.45) is 0 Å². The molecular formula is C16H25N3OS. The number of thiophene rings is 1. The number of rotatable bonds is 5. The lowest BCUT2D eigenvalue weighted by Crippen LogP contribution is -2.39. The minimum absolute atomic E-state index is 0.0770. The summed E-state index contributed by atoms with van der Waals surface area (Å²) in [7, 11) is 2.20. The highest BCUT2D eigenvalue weighted by Crippen LogP contribution is 2.28. The minimum Gasteiger partial charge on any atom is -0.320 e. The van der Waals surface area contributed by atoms with Crippen LogP contribution < -0.4 is 5.32 Å². The van der Waals surface area contributed by atoms with Gasteiger partial charge in [0.2, 0.25) is 5.91 Å². The van der Waals surface area contributed by atoms with E-state index in [9.17, 15) is 4.79 Å². The van der Waals surface area contributed by atoms with Gasteiger partial charge in [-0.3, -0.25) is 10.1 Å². The third-order valence-electron chi connectivity index (χ3n) is 4.75. The Hall–Kier alpha value is -0.910. The fourth-order valence-corrected chi connectivity index (χ4v) is 4.41. The van der Waals surface area contributed by atoms with Crippen molar-refractivity contribution < 1.29 is 4.79 Å². The topological polar surface area (TPSA) is 35.6 Å². The van der Waals surface area contributed by atoms with Crippen molar-refractivity contribution in [3.05, 3.63) is 21.9 Å². The molecule has 3 rings (SSSR count). The Kier molecular flexibility index (Phi) is 4.62. The molecule has 0 bridgehead atoms. The summed E-state index contributed by atoms with van der Waals surface area (Å²) in [6.45, 7) is 4.37. The normalized spacial score (nSPS) is 23.7. The highest BCUT2D eigenvalue weighted by molar-refractivity contribution is 7.12. The molecule has 0 spiro atoms. The van der Waals surface area contributed by atoms with Gasteiger partial charge in [0.15, 0.2) is 0 Å². The minimum atomic E-state index is 0.0770. The van der Waals surface area contributed by atoms with Crippen LogP contribution in [0.3, 0.4) is 0 Å². The van der Waals surface area contributed by atoms with E-state index in [1.54, 1.807) is 11.3 Å². The summed E-state index contributed by atoms with van der Waals surface area (Å²) in [4.78, 5) is 19.2. The summed E-state index contributed by atoms with van der Waals surface area (Å²) in [5.41, 5.74) is 0. The molecule has 1 saturated heterocycles. The first kappa shape index (κ1) is 15.0. The summed E-state index contributed by atoms with van der Waals surface area (Å²) >= 11 is 1.78. The molecule has 21 heavy (non-hydrogen) atoms. The van der Waals surface area contributed by atoms with Gasteiger partial charge >= 0.3 is 0 Å². The van der Waals surface area contributed by atoms with E-state index in [0.29, 0.717) is 6.54 Å². The molecule has 1 saturated carbocycles. The van der Waals surface area contributed by atoms with Gasteiger partial charge in [0, 0.05) is 28.9 Å². The Morgan fingerprint density at radius 1 is 1.38 bits per heavy atom. The molecule has 1 amide bonds. The van der Waals surface area contributed by atoms with Crippen LogP contribution in [-0.2, 0) is 4.79 Å². The SMILES string of the molecule is Cc1ccc(C2NCC(=O)N2CCN(C)C2CCCC2)s1. The number of hydrogen-bond acceptors (Lipinski definition) is 4. The Balaban J connectivity index is 1.60. The first-order valence-electron chi connectivity index (χ1n) is 7.94. The van der Waals surface area contributed by atoms with Crippen LogP contribution in [0.4, 0.5) is 0 Å². The molecule has 0 radical (unpaired) electrons. The van der Waals surface area contributed by atoms with Crippen LogP contribution in [0.25, 0.3) is 0 Å². The summed E-state index contributed by atoms with van der Waals surface area (Å²) in [5.74, 6) is 0.228. The van der Waals surface area contributed by atoms with Gasteiger partial charge < -0.3 is 9.80 Å². The highest BCUT2D eigenvalue weighted by atomic mass is 32.1. The number of aryl methyl sites for hydroxylation is 1. The van der Waals surface area contributed by atoms with E-state index in [4.69, 9.17) is 0 Å². The zero-order valence-corrected chi connectivity index (χ0v) is 13.8. The number of likely N-dealkylation sites (N-methyl/N-ethyl adjacent to an activating group) is 1. The maximum Gasteiger partial charge on any atom is 0.238 e. The van der Waals surface area contributed by atoms with Gasteiger partial charge in [0.05, 0.1) is 6.54 Å². The molecule has 4 nitrogen and oxygen atoms in total. The first-order valence-corrected chi connectivity index (χ1v) is 8.76. The van der Waals surface area contributed by atoms with Gasteiger partial charge in [0.25, 0.3) is 0 Å². The fourth-order valence-electron chi connectivity index (χ4n) is 3.44. The molecule has 1 aromatic heterocycles. The lowest BCUT2D eigenvalue weighted by molar-refractivity contribution is -0.128. The second kappa shape index (κ2) is 6.46. The first-order chi connectivity index (χ1) is 10.1. The Bertz CT molecular complexity index is 495. The molecule has 1 unspecified atom stereocenters. The molecule has 1 aliphatic heterocycles. The number of amides is 1. The van der Waals surface area contributed by atoms with Crippen molar-refractivity contribution in [3.63, 3.8) is 0 Å². The van der Waals surface area contributed by atoms with Crippen molar-refractivity contribution in [1.29, 1.82) is 0 Å². The van der Waals surface area contributed by atoms with Gasteiger partial charge in [-0.1, -0.05) is 12.8 Å². The third kappa shape index (κ3) is 3.30. The predicted octanol–water partition coefficient (Wildman–Crippen LogP) is 2.36. The van der Waals surface area contributed by atoms with Crippen LogP contribution in [0.15, 0.2) is 12.1 Å². The molecule has 1 atom stereocenters. The second-order valence-electron chi connectivity index (χ2n) is 6.24. The van der Waals surface area contributed by atoms with Crippen LogP contribution in [0, 0.1) is 6.92 Å². The average Bonchev–Trinajstić information content (AvgIpc) is 3.17. The number of carbonyl (C=O) groups is 1. The Labute approximate surface area is 131 Å². The third-order valence-corrected chi connectivity index (χ3v) is 5.80. The smallest absolute Gasteiger partial charge is 0.238 e. The van der Waals surface area contributed by atoms with E-state index in [0.717, 1.165) is 19.1 Å². The van der Waals surface area contributed by atoms with Crippen LogP contribution in [0.1, 0.15) is 41.6 Å². The fraction of sp³-hybridized carbons (Fsp3) is 0.688. The number of nitrogens with zero attached hydrogens (tertiary/aromatic N) is 2. The van der Waals surface area contributed by atoms with E-state index >= 15 is 0 Å². The van der Waals surface area contributed by atoms with Crippen molar-refractivity contribution in [3.8, 4) is 0 Å². The zero-order chi connectivity index (χ0) is 14.8. The molecule has 116 valence electrons. The maximum atomic E-state index is 12.1. The summed E-state index contributed by atoms with van der Waals surface area (Å²) in [6, 6.07) is 5.00. The summed E-state index contributed by atoms with van der Waals surface area (Å²) in [5, 5.41) is 3.35. The maximum absolute atomic E-state index is 12.1.